The van der Waals surface area contributed by atoms with Gasteiger partial charge in [0.05, 0.1) is 11.6 Å². The van der Waals surface area contributed by atoms with E-state index in [4.69, 9.17) is 4.74 Å². The van der Waals surface area contributed by atoms with E-state index in [0.29, 0.717) is 23.7 Å². The summed E-state index contributed by atoms with van der Waals surface area (Å²) in [5, 5.41) is 3.09. The molecule has 0 bridgehead atoms. The molecule has 3 fully saturated rings. The smallest absolute Gasteiger partial charge is 0.309 e. The Morgan fingerprint density at radius 3 is 2.96 bits per heavy atom. The second-order valence-electron chi connectivity index (χ2n) is 7.90. The highest BCUT2D eigenvalue weighted by Gasteiger charge is 2.53. The highest BCUT2D eigenvalue weighted by Crippen LogP contribution is 2.53. The van der Waals surface area contributed by atoms with Gasteiger partial charge in [-0.1, -0.05) is 31.4 Å². The molecule has 2 saturated carbocycles. The first-order chi connectivity index (χ1) is 12.2. The topological polar surface area (TPSA) is 51.2 Å². The van der Waals surface area contributed by atoms with Gasteiger partial charge in [0, 0.05) is 13.0 Å². The molecule has 1 aliphatic heterocycles. The van der Waals surface area contributed by atoms with Crippen LogP contribution in [-0.4, -0.2) is 24.1 Å². The highest BCUT2D eigenvalue weighted by atomic mass is 16.6. The van der Waals surface area contributed by atoms with Crippen LogP contribution in [0, 0.1) is 29.6 Å². The van der Waals surface area contributed by atoms with Crippen LogP contribution in [0.25, 0.3) is 6.08 Å². The summed E-state index contributed by atoms with van der Waals surface area (Å²) in [4.78, 5) is 16.9. The summed E-state index contributed by atoms with van der Waals surface area (Å²) in [6.07, 6.45) is 10.7. The van der Waals surface area contributed by atoms with Crippen LogP contribution in [0.5, 0.6) is 0 Å². The number of esters is 1. The number of anilines is 1. The Hall–Kier alpha value is -1.84. The van der Waals surface area contributed by atoms with Gasteiger partial charge in [-0.05, 0) is 55.7 Å². The third kappa shape index (κ3) is 3.07. The molecule has 1 saturated heterocycles. The molecule has 2 heterocycles. The van der Waals surface area contributed by atoms with E-state index < -0.39 is 0 Å². The molecule has 6 atom stereocenters. The van der Waals surface area contributed by atoms with Crippen LogP contribution in [0.1, 0.15) is 44.7 Å². The van der Waals surface area contributed by atoms with Gasteiger partial charge < -0.3 is 10.1 Å². The van der Waals surface area contributed by atoms with E-state index >= 15 is 0 Å². The van der Waals surface area contributed by atoms with Crippen molar-refractivity contribution in [3.63, 3.8) is 0 Å². The Morgan fingerprint density at radius 2 is 2.12 bits per heavy atom. The van der Waals surface area contributed by atoms with Crippen molar-refractivity contribution >= 4 is 17.9 Å². The number of aromatic nitrogens is 1. The lowest BCUT2D eigenvalue weighted by molar-refractivity contribution is -0.144. The Balaban J connectivity index is 1.63. The molecular weight excluding hydrogens is 312 g/mol. The quantitative estimate of drug-likeness (QED) is 0.840. The molecule has 0 spiro atoms. The zero-order valence-corrected chi connectivity index (χ0v) is 15.2. The number of nitrogens with zero attached hydrogens (tertiary/aromatic N) is 1. The van der Waals surface area contributed by atoms with E-state index in [1.165, 1.54) is 25.7 Å². The minimum absolute atomic E-state index is 0.0339. The van der Waals surface area contributed by atoms with Crippen LogP contribution in [0.15, 0.2) is 24.3 Å². The van der Waals surface area contributed by atoms with Gasteiger partial charge in [0.15, 0.2) is 0 Å². The van der Waals surface area contributed by atoms with Crippen LogP contribution in [-0.2, 0) is 9.53 Å². The van der Waals surface area contributed by atoms with Crippen molar-refractivity contribution in [3.05, 3.63) is 30.0 Å². The number of hydrogen-bond donors (Lipinski definition) is 1. The van der Waals surface area contributed by atoms with E-state index in [-0.39, 0.29) is 18.0 Å². The fourth-order valence-electron chi connectivity index (χ4n) is 5.48. The number of allylic oxidation sites excluding steroid dienone is 1. The summed E-state index contributed by atoms with van der Waals surface area (Å²) in [6.45, 7) is 2.08. The van der Waals surface area contributed by atoms with Gasteiger partial charge in [-0.15, -0.1) is 0 Å². The van der Waals surface area contributed by atoms with Crippen molar-refractivity contribution in [2.45, 2.75) is 45.1 Å². The maximum atomic E-state index is 12.3. The summed E-state index contributed by atoms with van der Waals surface area (Å²) in [7, 11) is 1.89. The summed E-state index contributed by atoms with van der Waals surface area (Å²) in [5.74, 6) is 3.14. The summed E-state index contributed by atoms with van der Waals surface area (Å²) < 4.78 is 5.63. The fourth-order valence-corrected chi connectivity index (χ4v) is 5.48. The van der Waals surface area contributed by atoms with Crippen molar-refractivity contribution in [1.29, 1.82) is 0 Å². The van der Waals surface area contributed by atoms with Crippen molar-refractivity contribution < 1.29 is 9.53 Å². The summed E-state index contributed by atoms with van der Waals surface area (Å²) in [5.41, 5.74) is 0.972. The predicted octanol–water partition coefficient (Wildman–Crippen LogP) is 4.14. The van der Waals surface area contributed by atoms with Crippen LogP contribution in [0.3, 0.4) is 0 Å². The fraction of sp³-hybridized carbons (Fsp3) is 0.619. The molecular formula is C21H28N2O2. The number of nitrogens with one attached hydrogen (secondary N) is 1. The zero-order chi connectivity index (χ0) is 17.4. The average Bonchev–Trinajstić information content (AvgIpc) is 2.93. The Bertz CT molecular complexity index is 672. The Morgan fingerprint density at radius 1 is 1.28 bits per heavy atom. The summed E-state index contributed by atoms with van der Waals surface area (Å²) in [6, 6.07) is 6.03. The van der Waals surface area contributed by atoms with Gasteiger partial charge in [0.2, 0.25) is 0 Å². The van der Waals surface area contributed by atoms with Crippen LogP contribution in [0.4, 0.5) is 5.82 Å². The van der Waals surface area contributed by atoms with Crippen LogP contribution >= 0.6 is 0 Å². The van der Waals surface area contributed by atoms with Gasteiger partial charge in [0.25, 0.3) is 0 Å². The Labute approximate surface area is 150 Å². The molecule has 4 heteroatoms. The van der Waals surface area contributed by atoms with Crippen LogP contribution < -0.4 is 5.32 Å². The van der Waals surface area contributed by atoms with Crippen LogP contribution in [0.2, 0.25) is 0 Å². The Kier molecular flexibility index (Phi) is 4.53. The number of carbonyl (C=O) groups is 1. The number of hydrogen-bond acceptors (Lipinski definition) is 4. The van der Waals surface area contributed by atoms with E-state index in [1.54, 1.807) is 0 Å². The molecule has 3 aliphatic rings. The largest absolute Gasteiger partial charge is 0.462 e. The zero-order valence-electron chi connectivity index (χ0n) is 15.2. The van der Waals surface area contributed by atoms with Gasteiger partial charge in [0.1, 0.15) is 11.9 Å². The molecule has 134 valence electrons. The van der Waals surface area contributed by atoms with E-state index in [1.807, 2.05) is 25.2 Å². The number of pyridine rings is 1. The first-order valence-electron chi connectivity index (χ1n) is 9.71. The molecule has 4 rings (SSSR count). The monoisotopic (exact) mass is 340 g/mol. The molecule has 0 unspecified atom stereocenters. The number of fused-ring (bicyclic) bond motifs is 2. The minimum atomic E-state index is 0.0339. The standard InChI is InChI=1S/C21H28N2O2/c1-13-20-17(11-10-15-7-5-9-19(22-2)23-15)16-8-4-3-6-14(16)12-18(20)21(24)25-13/h5,7,9-11,13-14,16-18,20H,3-4,6,8,12H2,1-2H3,(H,22,23)/b11-10+/t13-,14+,16-,17+,18-,20+/m1/s1. The predicted molar refractivity (Wildman–Crippen MR) is 98.9 cm³/mol. The second kappa shape index (κ2) is 6.81. The van der Waals surface area contributed by atoms with Gasteiger partial charge in [-0.25, -0.2) is 4.98 Å². The number of ether oxygens (including phenoxy) is 1. The lowest BCUT2D eigenvalue weighted by Gasteiger charge is -2.45. The molecule has 25 heavy (non-hydrogen) atoms. The first kappa shape index (κ1) is 16.6. The van der Waals surface area contributed by atoms with Gasteiger partial charge in [-0.2, -0.15) is 0 Å². The van der Waals surface area contributed by atoms with Crippen molar-refractivity contribution in [2.24, 2.45) is 29.6 Å². The van der Waals surface area contributed by atoms with Gasteiger partial charge in [-0.3, -0.25) is 4.79 Å². The molecule has 1 aromatic heterocycles. The normalized spacial score (nSPS) is 37.4. The maximum absolute atomic E-state index is 12.3. The molecule has 0 radical (unpaired) electrons. The third-order valence-corrected chi connectivity index (χ3v) is 6.59. The molecule has 0 amide bonds. The number of cyclic esters (lactones) is 1. The molecule has 0 aromatic carbocycles. The van der Waals surface area contributed by atoms with E-state index in [0.717, 1.165) is 17.9 Å². The second-order valence-corrected chi connectivity index (χ2v) is 7.90. The third-order valence-electron chi connectivity index (χ3n) is 6.59. The van der Waals surface area contributed by atoms with Crippen molar-refractivity contribution in [3.8, 4) is 0 Å². The minimum Gasteiger partial charge on any atom is -0.462 e. The molecule has 1 N–H and O–H groups in total. The number of carbonyl (C=O) groups excluding carboxylic acids is 1. The average molecular weight is 340 g/mol. The van der Waals surface area contributed by atoms with E-state index in [9.17, 15) is 4.79 Å². The first-order valence-corrected chi connectivity index (χ1v) is 9.71. The summed E-state index contributed by atoms with van der Waals surface area (Å²) >= 11 is 0. The molecule has 4 nitrogen and oxygen atoms in total. The van der Waals surface area contributed by atoms with E-state index in [2.05, 4.69) is 29.4 Å². The maximum Gasteiger partial charge on any atom is 0.309 e. The lowest BCUT2D eigenvalue weighted by atomic mass is 9.57. The van der Waals surface area contributed by atoms with Gasteiger partial charge >= 0.3 is 5.97 Å². The van der Waals surface area contributed by atoms with Crippen molar-refractivity contribution in [2.75, 3.05) is 12.4 Å². The SMILES string of the molecule is CNc1cccc(/C=C/[C@H]2[C@@H]3CCCC[C@H]3C[C@H]3C(=O)O[C@H](C)[C@@H]23)n1. The lowest BCUT2D eigenvalue weighted by Crippen LogP contribution is -2.42. The van der Waals surface area contributed by atoms with Crippen molar-refractivity contribution in [1.82, 2.24) is 4.98 Å². The molecule has 1 aromatic rings. The number of rotatable bonds is 3. The highest BCUT2D eigenvalue weighted by molar-refractivity contribution is 5.75. The molecule has 2 aliphatic carbocycles.